The second-order valence-electron chi connectivity index (χ2n) is 4.97. The van der Waals surface area contributed by atoms with Crippen LogP contribution < -0.4 is 10.6 Å². The summed E-state index contributed by atoms with van der Waals surface area (Å²) in [4.78, 5) is 25.4. The molecule has 15 heavy (non-hydrogen) atoms. The van der Waals surface area contributed by atoms with Gasteiger partial charge in [0.2, 0.25) is 0 Å². The van der Waals surface area contributed by atoms with Crippen molar-refractivity contribution in [3.63, 3.8) is 0 Å². The maximum Gasteiger partial charge on any atom is 0.322 e. The van der Waals surface area contributed by atoms with Crippen LogP contribution in [-0.2, 0) is 4.79 Å². The zero-order valence-electron chi connectivity index (χ0n) is 8.75. The maximum atomic E-state index is 11.9. The van der Waals surface area contributed by atoms with E-state index >= 15 is 0 Å². The Bertz CT molecular complexity index is 328. The summed E-state index contributed by atoms with van der Waals surface area (Å²) in [6.07, 6.45) is 2.09. The van der Waals surface area contributed by atoms with E-state index in [2.05, 4.69) is 22.6 Å². The number of nitrogens with zero attached hydrogens (tertiary/aromatic N) is 1. The highest BCUT2D eigenvalue weighted by molar-refractivity contribution is 6.07. The first kappa shape index (κ1) is 9.15. The molecule has 2 N–H and O–H groups in total. The maximum absolute atomic E-state index is 11.9. The van der Waals surface area contributed by atoms with Crippen LogP contribution in [0.3, 0.4) is 0 Å². The fourth-order valence-corrected chi connectivity index (χ4v) is 3.55. The lowest BCUT2D eigenvalue weighted by Gasteiger charge is -2.41. The van der Waals surface area contributed by atoms with Gasteiger partial charge in [-0.2, -0.15) is 0 Å². The molecule has 2 heterocycles. The third-order valence-electron chi connectivity index (χ3n) is 4.14. The Balaban J connectivity index is 1.99. The highest BCUT2D eigenvalue weighted by Crippen LogP contribution is 2.46. The molecule has 5 nitrogen and oxygen atoms in total. The van der Waals surface area contributed by atoms with Crippen LogP contribution >= 0.6 is 0 Å². The highest BCUT2D eigenvalue weighted by atomic mass is 16.2. The monoisotopic (exact) mass is 209 g/mol. The molecule has 0 radical (unpaired) electrons. The van der Waals surface area contributed by atoms with Gasteiger partial charge in [-0.3, -0.25) is 10.1 Å². The quantitative estimate of drug-likeness (QED) is 0.530. The number of urea groups is 1. The van der Waals surface area contributed by atoms with E-state index < -0.39 is 5.54 Å². The number of imide groups is 1. The third kappa shape index (κ3) is 1.01. The molecule has 3 amide bonds. The van der Waals surface area contributed by atoms with E-state index in [1.807, 2.05) is 0 Å². The van der Waals surface area contributed by atoms with Gasteiger partial charge in [-0.25, -0.2) is 4.79 Å². The summed E-state index contributed by atoms with van der Waals surface area (Å²) in [7, 11) is 2.08. The van der Waals surface area contributed by atoms with Crippen LogP contribution in [0, 0.1) is 11.8 Å². The van der Waals surface area contributed by atoms with Crippen LogP contribution in [0.25, 0.3) is 0 Å². The first-order valence-electron chi connectivity index (χ1n) is 5.45. The van der Waals surface area contributed by atoms with Crippen LogP contribution in [-0.4, -0.2) is 42.5 Å². The molecule has 1 aliphatic carbocycles. The summed E-state index contributed by atoms with van der Waals surface area (Å²) >= 11 is 0. The zero-order valence-corrected chi connectivity index (χ0v) is 8.75. The zero-order chi connectivity index (χ0) is 10.6. The van der Waals surface area contributed by atoms with E-state index in [0.717, 1.165) is 25.9 Å². The standard InChI is InChI=1S/C10H15N3O2/c1-13-4-6-2-3-7(5-13)10(6)8(14)11-9(15)12-10/h6-7H,2-5H2,1H3,(H2,11,12,14,15)/t6-,7-/m1/s1. The Morgan fingerprint density at radius 3 is 2.33 bits per heavy atom. The molecule has 2 aliphatic heterocycles. The molecule has 5 heteroatoms. The van der Waals surface area contributed by atoms with Gasteiger partial charge in [-0.05, 0) is 19.9 Å². The van der Waals surface area contributed by atoms with Gasteiger partial charge in [0.25, 0.3) is 5.91 Å². The van der Waals surface area contributed by atoms with Crippen molar-refractivity contribution in [3.05, 3.63) is 0 Å². The molecule has 1 saturated carbocycles. The summed E-state index contributed by atoms with van der Waals surface area (Å²) in [5.41, 5.74) is -0.580. The predicted molar refractivity (Wildman–Crippen MR) is 53.1 cm³/mol. The lowest BCUT2D eigenvalue weighted by Crippen LogP contribution is -2.62. The number of carbonyl (C=O) groups is 2. The summed E-state index contributed by atoms with van der Waals surface area (Å²) < 4.78 is 0. The highest BCUT2D eigenvalue weighted by Gasteiger charge is 2.61. The molecular weight excluding hydrogens is 194 g/mol. The minimum absolute atomic E-state index is 0.104. The van der Waals surface area contributed by atoms with Crippen molar-refractivity contribution >= 4 is 11.9 Å². The number of amides is 3. The van der Waals surface area contributed by atoms with Crippen molar-refractivity contribution in [2.24, 2.45) is 11.8 Å². The van der Waals surface area contributed by atoms with E-state index in [4.69, 9.17) is 0 Å². The van der Waals surface area contributed by atoms with Crippen LogP contribution in [0.2, 0.25) is 0 Å². The molecule has 82 valence electrons. The number of carbonyl (C=O) groups excluding carboxylic acids is 2. The summed E-state index contributed by atoms with van der Waals surface area (Å²) in [5.74, 6) is 0.466. The Morgan fingerprint density at radius 2 is 1.87 bits per heavy atom. The van der Waals surface area contributed by atoms with Gasteiger partial charge in [0.15, 0.2) is 0 Å². The fourth-order valence-electron chi connectivity index (χ4n) is 3.55. The van der Waals surface area contributed by atoms with Gasteiger partial charge in [-0.1, -0.05) is 0 Å². The molecular formula is C10H15N3O2. The Labute approximate surface area is 88.2 Å². The molecule has 3 fully saturated rings. The summed E-state index contributed by atoms with van der Waals surface area (Å²) in [6, 6.07) is -0.318. The molecule has 2 atom stereocenters. The minimum atomic E-state index is -0.580. The first-order valence-corrected chi connectivity index (χ1v) is 5.45. The van der Waals surface area contributed by atoms with Crippen LogP contribution in [0.4, 0.5) is 4.79 Å². The Kier molecular flexibility index (Phi) is 1.66. The number of piperidine rings is 1. The molecule has 3 aliphatic rings. The van der Waals surface area contributed by atoms with Crippen molar-refractivity contribution in [3.8, 4) is 0 Å². The summed E-state index contributed by atoms with van der Waals surface area (Å²) in [5, 5.41) is 5.26. The Hall–Kier alpha value is -1.10. The fraction of sp³-hybridized carbons (Fsp3) is 0.800. The van der Waals surface area contributed by atoms with Crippen molar-refractivity contribution < 1.29 is 9.59 Å². The molecule has 3 rings (SSSR count). The number of likely N-dealkylation sites (tertiary alicyclic amines) is 1. The van der Waals surface area contributed by atoms with E-state index in [1.54, 1.807) is 0 Å². The molecule has 0 aromatic heterocycles. The topological polar surface area (TPSA) is 61.4 Å². The van der Waals surface area contributed by atoms with Gasteiger partial charge >= 0.3 is 6.03 Å². The second-order valence-corrected chi connectivity index (χ2v) is 4.97. The van der Waals surface area contributed by atoms with Crippen molar-refractivity contribution in [2.45, 2.75) is 18.4 Å². The Morgan fingerprint density at radius 1 is 1.27 bits per heavy atom. The van der Waals surface area contributed by atoms with Gasteiger partial charge in [0.1, 0.15) is 5.54 Å². The van der Waals surface area contributed by atoms with E-state index in [1.165, 1.54) is 0 Å². The number of rotatable bonds is 0. The second kappa shape index (κ2) is 2.72. The normalized spacial score (nSPS) is 44.6. The van der Waals surface area contributed by atoms with Crippen molar-refractivity contribution in [1.82, 2.24) is 15.5 Å². The van der Waals surface area contributed by atoms with Crippen LogP contribution in [0.15, 0.2) is 0 Å². The van der Waals surface area contributed by atoms with Crippen LogP contribution in [0.5, 0.6) is 0 Å². The molecule has 2 saturated heterocycles. The van der Waals surface area contributed by atoms with Crippen molar-refractivity contribution in [2.75, 3.05) is 20.1 Å². The van der Waals surface area contributed by atoms with Gasteiger partial charge < -0.3 is 10.2 Å². The lowest BCUT2D eigenvalue weighted by atomic mass is 9.77. The smallest absolute Gasteiger partial charge is 0.322 e. The predicted octanol–water partition coefficient (Wildman–Crippen LogP) is -0.464. The average Bonchev–Trinajstić information content (AvgIpc) is 2.55. The average molecular weight is 209 g/mol. The van der Waals surface area contributed by atoms with E-state index in [0.29, 0.717) is 0 Å². The lowest BCUT2D eigenvalue weighted by molar-refractivity contribution is -0.128. The number of hydrogen-bond donors (Lipinski definition) is 2. The number of hydrogen-bond acceptors (Lipinski definition) is 3. The summed E-state index contributed by atoms with van der Waals surface area (Å²) in [6.45, 7) is 1.81. The molecule has 0 unspecified atom stereocenters. The first-order chi connectivity index (χ1) is 7.13. The molecule has 2 bridgehead atoms. The van der Waals surface area contributed by atoms with Crippen molar-refractivity contribution in [1.29, 1.82) is 0 Å². The van der Waals surface area contributed by atoms with Gasteiger partial charge in [-0.15, -0.1) is 0 Å². The molecule has 0 aromatic rings. The molecule has 1 spiro atoms. The number of nitrogens with one attached hydrogen (secondary N) is 2. The molecule has 0 aromatic carbocycles. The third-order valence-corrected chi connectivity index (χ3v) is 4.14. The van der Waals surface area contributed by atoms with E-state index in [9.17, 15) is 9.59 Å². The minimum Gasteiger partial charge on any atom is -0.323 e. The van der Waals surface area contributed by atoms with E-state index in [-0.39, 0.29) is 23.8 Å². The van der Waals surface area contributed by atoms with Gasteiger partial charge in [0, 0.05) is 24.9 Å². The largest absolute Gasteiger partial charge is 0.323 e. The van der Waals surface area contributed by atoms with Crippen LogP contribution in [0.1, 0.15) is 12.8 Å². The SMILES string of the molecule is CN1C[C@H]2CC[C@H](C1)C21NC(=O)NC1=O. The van der Waals surface area contributed by atoms with Gasteiger partial charge in [0.05, 0.1) is 0 Å².